The highest BCUT2D eigenvalue weighted by Gasteiger charge is 2.31. The molecule has 0 aromatic heterocycles. The molecule has 0 fully saturated rings. The average Bonchev–Trinajstić information content (AvgIpc) is 3.24. The topological polar surface area (TPSA) is 84.9 Å². The third kappa shape index (κ3) is 4.47. The average molecular weight is 474 g/mol. The summed E-state index contributed by atoms with van der Waals surface area (Å²) >= 11 is 0. The Morgan fingerprint density at radius 2 is 1.76 bits per heavy atom. The summed E-state index contributed by atoms with van der Waals surface area (Å²) < 4.78 is 63.1. The van der Waals surface area contributed by atoms with Gasteiger partial charge in [0.25, 0.3) is 15.9 Å². The molecule has 1 aliphatic rings. The second-order valence-electron chi connectivity index (χ2n) is 7.15. The van der Waals surface area contributed by atoms with Gasteiger partial charge in [0.15, 0.2) is 0 Å². The van der Waals surface area contributed by atoms with Crippen LogP contribution in [0.15, 0.2) is 71.6 Å². The SMILES string of the molecule is COc1ccc(S(=O)(=O)N2CCc3ccccc32)cc1C(=O)Nc1ccccc1OC(F)F. The molecule has 0 aliphatic carbocycles. The lowest BCUT2D eigenvalue weighted by Gasteiger charge is -2.20. The van der Waals surface area contributed by atoms with E-state index in [0.29, 0.717) is 12.1 Å². The van der Waals surface area contributed by atoms with E-state index >= 15 is 0 Å². The number of anilines is 2. The van der Waals surface area contributed by atoms with Crippen molar-refractivity contribution in [2.45, 2.75) is 17.9 Å². The summed E-state index contributed by atoms with van der Waals surface area (Å²) in [4.78, 5) is 12.9. The number of sulfonamides is 1. The molecule has 1 aliphatic heterocycles. The summed E-state index contributed by atoms with van der Waals surface area (Å²) in [5.41, 5.74) is 1.45. The number of hydrogen-bond donors (Lipinski definition) is 1. The van der Waals surface area contributed by atoms with E-state index in [9.17, 15) is 22.0 Å². The molecule has 0 saturated heterocycles. The van der Waals surface area contributed by atoms with Gasteiger partial charge in [-0.2, -0.15) is 8.78 Å². The lowest BCUT2D eigenvalue weighted by atomic mass is 10.1. The van der Waals surface area contributed by atoms with E-state index in [-0.39, 0.29) is 34.2 Å². The van der Waals surface area contributed by atoms with Crippen molar-refractivity contribution in [2.24, 2.45) is 0 Å². The van der Waals surface area contributed by atoms with E-state index in [1.54, 1.807) is 12.1 Å². The predicted molar refractivity (Wildman–Crippen MR) is 119 cm³/mol. The van der Waals surface area contributed by atoms with Gasteiger partial charge in [-0.15, -0.1) is 0 Å². The fourth-order valence-electron chi connectivity index (χ4n) is 3.67. The van der Waals surface area contributed by atoms with E-state index in [4.69, 9.17) is 4.74 Å². The molecule has 4 rings (SSSR count). The number of carbonyl (C=O) groups is 1. The fourth-order valence-corrected chi connectivity index (χ4v) is 5.20. The van der Waals surface area contributed by atoms with Crippen molar-refractivity contribution in [1.29, 1.82) is 0 Å². The van der Waals surface area contributed by atoms with Gasteiger partial charge in [0.1, 0.15) is 11.5 Å². The van der Waals surface area contributed by atoms with Crippen molar-refractivity contribution in [3.05, 3.63) is 77.9 Å². The van der Waals surface area contributed by atoms with Crippen molar-refractivity contribution < 1.29 is 31.5 Å². The van der Waals surface area contributed by atoms with Crippen molar-refractivity contribution in [2.75, 3.05) is 23.3 Å². The summed E-state index contributed by atoms with van der Waals surface area (Å²) in [6.45, 7) is -2.79. The number of benzene rings is 3. The summed E-state index contributed by atoms with van der Waals surface area (Å²) in [5.74, 6) is -0.839. The molecule has 0 atom stereocenters. The third-order valence-electron chi connectivity index (χ3n) is 5.20. The minimum absolute atomic E-state index is 0.00610. The number of fused-ring (bicyclic) bond motifs is 1. The van der Waals surface area contributed by atoms with Gasteiger partial charge in [-0.1, -0.05) is 30.3 Å². The van der Waals surface area contributed by atoms with Crippen LogP contribution in [0.2, 0.25) is 0 Å². The van der Waals surface area contributed by atoms with Gasteiger partial charge in [0, 0.05) is 6.54 Å². The van der Waals surface area contributed by atoms with Gasteiger partial charge in [0.2, 0.25) is 0 Å². The van der Waals surface area contributed by atoms with E-state index in [0.717, 1.165) is 5.56 Å². The number of hydrogen-bond acceptors (Lipinski definition) is 5. The van der Waals surface area contributed by atoms with Crippen LogP contribution in [-0.4, -0.2) is 34.6 Å². The highest BCUT2D eigenvalue weighted by atomic mass is 32.2. The third-order valence-corrected chi connectivity index (χ3v) is 7.01. The molecule has 3 aromatic rings. The number of carbonyl (C=O) groups excluding carboxylic acids is 1. The number of nitrogens with zero attached hydrogens (tertiary/aromatic N) is 1. The molecule has 0 saturated carbocycles. The Morgan fingerprint density at radius 1 is 1.03 bits per heavy atom. The number of rotatable bonds is 7. The summed E-state index contributed by atoms with van der Waals surface area (Å²) in [7, 11) is -2.62. The van der Waals surface area contributed by atoms with Gasteiger partial charge < -0.3 is 14.8 Å². The van der Waals surface area contributed by atoms with E-state index in [1.165, 1.54) is 53.9 Å². The normalized spacial score (nSPS) is 13.0. The predicted octanol–water partition coefficient (Wildman–Crippen LogP) is 4.30. The number of nitrogens with one attached hydrogen (secondary N) is 1. The van der Waals surface area contributed by atoms with Gasteiger partial charge >= 0.3 is 6.61 Å². The van der Waals surface area contributed by atoms with Crippen LogP contribution in [0, 0.1) is 0 Å². The zero-order chi connectivity index (χ0) is 23.6. The summed E-state index contributed by atoms with van der Waals surface area (Å²) in [6.07, 6.45) is 0.583. The van der Waals surface area contributed by atoms with Crippen LogP contribution in [0.5, 0.6) is 11.5 Å². The molecule has 0 bridgehead atoms. The molecule has 33 heavy (non-hydrogen) atoms. The standard InChI is InChI=1S/C23H20F2N2O5S/c1-31-20-11-10-16(33(29,30)27-13-12-15-6-2-4-8-19(15)27)14-17(20)22(28)26-18-7-3-5-9-21(18)32-23(24)25/h2-11,14,23H,12-13H2,1H3,(H,26,28). The zero-order valence-corrected chi connectivity index (χ0v) is 18.3. The van der Waals surface area contributed by atoms with E-state index in [2.05, 4.69) is 10.1 Å². The fraction of sp³-hybridized carbons (Fsp3) is 0.174. The number of methoxy groups -OCH3 is 1. The number of ether oxygens (including phenoxy) is 2. The van der Waals surface area contributed by atoms with Gasteiger partial charge in [-0.05, 0) is 48.4 Å². The first kappa shape index (κ1) is 22.5. The van der Waals surface area contributed by atoms with Gasteiger partial charge in [-0.25, -0.2) is 8.42 Å². The molecule has 3 aromatic carbocycles. The number of alkyl halides is 2. The molecule has 0 radical (unpaired) electrons. The molecule has 1 N–H and O–H groups in total. The summed E-state index contributed by atoms with van der Waals surface area (Å²) in [5, 5.41) is 2.49. The van der Waals surface area contributed by atoms with Crippen LogP contribution in [0.1, 0.15) is 15.9 Å². The largest absolute Gasteiger partial charge is 0.496 e. The Bertz CT molecular complexity index is 1300. The number of halogens is 2. The first-order valence-electron chi connectivity index (χ1n) is 9.95. The first-order chi connectivity index (χ1) is 15.8. The van der Waals surface area contributed by atoms with Crippen molar-refractivity contribution in [1.82, 2.24) is 0 Å². The highest BCUT2D eigenvalue weighted by Crippen LogP contribution is 2.34. The monoisotopic (exact) mass is 474 g/mol. The van der Waals surface area contributed by atoms with Crippen LogP contribution < -0.4 is 19.1 Å². The Labute approximate surface area is 189 Å². The maximum absolute atomic E-state index is 13.4. The molecular formula is C23H20F2N2O5S. The van der Waals surface area contributed by atoms with Crippen LogP contribution in [0.25, 0.3) is 0 Å². The van der Waals surface area contributed by atoms with Crippen LogP contribution >= 0.6 is 0 Å². The van der Waals surface area contributed by atoms with Crippen molar-refractivity contribution in [3.63, 3.8) is 0 Å². The van der Waals surface area contributed by atoms with Crippen LogP contribution in [0.3, 0.4) is 0 Å². The van der Waals surface area contributed by atoms with Crippen molar-refractivity contribution in [3.8, 4) is 11.5 Å². The quantitative estimate of drug-likeness (QED) is 0.552. The smallest absolute Gasteiger partial charge is 0.387 e. The van der Waals surface area contributed by atoms with Crippen LogP contribution in [-0.2, 0) is 16.4 Å². The van der Waals surface area contributed by atoms with Gasteiger partial charge in [-0.3, -0.25) is 9.10 Å². The lowest BCUT2D eigenvalue weighted by Crippen LogP contribution is -2.29. The molecule has 7 nitrogen and oxygen atoms in total. The lowest BCUT2D eigenvalue weighted by molar-refractivity contribution is -0.0493. The first-order valence-corrected chi connectivity index (χ1v) is 11.4. The molecule has 1 heterocycles. The van der Waals surface area contributed by atoms with Crippen LogP contribution in [0.4, 0.5) is 20.2 Å². The van der Waals surface area contributed by atoms with E-state index in [1.807, 2.05) is 12.1 Å². The maximum atomic E-state index is 13.4. The minimum Gasteiger partial charge on any atom is -0.496 e. The molecule has 0 unspecified atom stereocenters. The second-order valence-corrected chi connectivity index (χ2v) is 9.01. The van der Waals surface area contributed by atoms with Gasteiger partial charge in [0.05, 0.1) is 28.9 Å². The molecular weight excluding hydrogens is 454 g/mol. The highest BCUT2D eigenvalue weighted by molar-refractivity contribution is 7.92. The Balaban J connectivity index is 1.68. The summed E-state index contributed by atoms with van der Waals surface area (Å²) in [6, 6.07) is 16.9. The molecule has 0 spiro atoms. The maximum Gasteiger partial charge on any atom is 0.387 e. The number of amides is 1. The number of para-hydroxylation sites is 3. The Hall–Kier alpha value is -3.66. The minimum atomic E-state index is -3.96. The zero-order valence-electron chi connectivity index (χ0n) is 17.5. The molecule has 172 valence electrons. The Kier molecular flexibility index (Phi) is 6.19. The second kappa shape index (κ2) is 9.07. The molecule has 10 heteroatoms. The van der Waals surface area contributed by atoms with E-state index < -0.39 is 22.5 Å². The van der Waals surface area contributed by atoms with Crippen molar-refractivity contribution >= 4 is 27.3 Å². The molecule has 1 amide bonds. The Morgan fingerprint density at radius 3 is 2.52 bits per heavy atom.